The van der Waals surface area contributed by atoms with E-state index in [2.05, 4.69) is 11.4 Å². The van der Waals surface area contributed by atoms with E-state index >= 15 is 0 Å². The van der Waals surface area contributed by atoms with Gasteiger partial charge >= 0.3 is 5.97 Å². The van der Waals surface area contributed by atoms with Crippen molar-refractivity contribution in [3.63, 3.8) is 0 Å². The highest BCUT2D eigenvalue weighted by Gasteiger charge is 2.23. The lowest BCUT2D eigenvalue weighted by atomic mass is 10.1. The van der Waals surface area contributed by atoms with Gasteiger partial charge in [0, 0.05) is 17.0 Å². The fraction of sp³-hybridized carbons (Fsp3) is 0.235. The molecule has 0 unspecified atom stereocenters. The van der Waals surface area contributed by atoms with Crippen molar-refractivity contribution < 1.29 is 19.2 Å². The number of thiophene rings is 1. The Bertz CT molecular complexity index is 944. The van der Waals surface area contributed by atoms with Crippen LogP contribution in [0.25, 0.3) is 0 Å². The fourth-order valence-corrected chi connectivity index (χ4v) is 3.99. The van der Waals surface area contributed by atoms with Crippen LogP contribution in [0.2, 0.25) is 0 Å². The van der Waals surface area contributed by atoms with Gasteiger partial charge in [-0.2, -0.15) is 5.26 Å². The second-order valence-electron chi connectivity index (χ2n) is 5.61. The number of non-ortho nitro benzene ring substituents is 1. The molecule has 0 atom stereocenters. The lowest BCUT2D eigenvalue weighted by molar-refractivity contribution is -0.384. The summed E-state index contributed by atoms with van der Waals surface area (Å²) in [4.78, 5) is 35.2. The van der Waals surface area contributed by atoms with E-state index in [4.69, 9.17) is 4.74 Å². The number of nitrogens with one attached hydrogen (secondary N) is 1. The zero-order chi connectivity index (χ0) is 18.7. The van der Waals surface area contributed by atoms with Crippen LogP contribution >= 0.6 is 11.3 Å². The van der Waals surface area contributed by atoms with E-state index in [-0.39, 0.29) is 11.3 Å². The van der Waals surface area contributed by atoms with Crippen LogP contribution in [0.4, 0.5) is 10.7 Å². The van der Waals surface area contributed by atoms with Crippen LogP contribution in [0.3, 0.4) is 0 Å². The molecule has 0 saturated heterocycles. The lowest BCUT2D eigenvalue weighted by Crippen LogP contribution is -2.21. The van der Waals surface area contributed by atoms with Crippen LogP contribution in [0, 0.1) is 21.4 Å². The van der Waals surface area contributed by atoms with Gasteiger partial charge in [-0.1, -0.05) is 6.07 Å². The van der Waals surface area contributed by atoms with Crippen molar-refractivity contribution in [2.24, 2.45) is 0 Å². The van der Waals surface area contributed by atoms with E-state index in [1.165, 1.54) is 29.5 Å². The van der Waals surface area contributed by atoms with Gasteiger partial charge in [0.05, 0.1) is 16.1 Å². The zero-order valence-corrected chi connectivity index (χ0v) is 14.3. The van der Waals surface area contributed by atoms with E-state index in [1.54, 1.807) is 0 Å². The van der Waals surface area contributed by atoms with Crippen LogP contribution < -0.4 is 5.32 Å². The molecule has 0 saturated carbocycles. The molecule has 3 rings (SSSR count). The number of hydrogen-bond donors (Lipinski definition) is 1. The van der Waals surface area contributed by atoms with Crippen molar-refractivity contribution in [1.29, 1.82) is 5.26 Å². The number of nitriles is 1. The number of benzene rings is 1. The lowest BCUT2D eigenvalue weighted by Gasteiger charge is -2.06. The number of carbonyl (C=O) groups excluding carboxylic acids is 2. The van der Waals surface area contributed by atoms with Crippen molar-refractivity contribution in [3.05, 3.63) is 55.9 Å². The summed E-state index contributed by atoms with van der Waals surface area (Å²) in [7, 11) is 0. The number of anilines is 1. The molecule has 1 aromatic carbocycles. The van der Waals surface area contributed by atoms with Crippen LogP contribution in [0.5, 0.6) is 0 Å². The number of rotatable bonds is 5. The van der Waals surface area contributed by atoms with Gasteiger partial charge in [-0.05, 0) is 30.9 Å². The molecule has 8 nitrogen and oxygen atoms in total. The van der Waals surface area contributed by atoms with Crippen molar-refractivity contribution in [1.82, 2.24) is 0 Å². The first-order valence-electron chi connectivity index (χ1n) is 7.75. The Labute approximate surface area is 152 Å². The molecule has 1 aliphatic rings. The number of carbonyl (C=O) groups is 2. The first kappa shape index (κ1) is 17.6. The van der Waals surface area contributed by atoms with E-state index in [0.29, 0.717) is 10.6 Å². The van der Waals surface area contributed by atoms with E-state index in [9.17, 15) is 25.0 Å². The monoisotopic (exact) mass is 371 g/mol. The molecule has 26 heavy (non-hydrogen) atoms. The highest BCUT2D eigenvalue weighted by atomic mass is 32.1. The Morgan fingerprint density at radius 3 is 2.92 bits per heavy atom. The minimum absolute atomic E-state index is 0.0141. The summed E-state index contributed by atoms with van der Waals surface area (Å²) in [5, 5.41) is 23.1. The number of esters is 1. The maximum atomic E-state index is 12.0. The van der Waals surface area contributed by atoms with Crippen LogP contribution in [0.1, 0.15) is 32.8 Å². The van der Waals surface area contributed by atoms with Gasteiger partial charge in [-0.3, -0.25) is 14.9 Å². The Morgan fingerprint density at radius 2 is 2.19 bits per heavy atom. The summed E-state index contributed by atoms with van der Waals surface area (Å²) in [5.74, 6) is -1.40. The average molecular weight is 371 g/mol. The van der Waals surface area contributed by atoms with Gasteiger partial charge in [0.25, 0.3) is 11.6 Å². The predicted molar refractivity (Wildman–Crippen MR) is 93.1 cm³/mol. The SMILES string of the molecule is N#Cc1c(NC(=O)COC(=O)c2cccc([N+](=O)[O-])c2)sc2c1CCC2. The molecular formula is C17H13N3O5S. The average Bonchev–Trinajstić information content (AvgIpc) is 3.20. The Hall–Kier alpha value is -3.25. The molecule has 132 valence electrons. The number of fused-ring (bicyclic) bond motifs is 1. The summed E-state index contributed by atoms with van der Waals surface area (Å²) in [5.41, 5.74) is 1.21. The van der Waals surface area contributed by atoms with Gasteiger partial charge in [0.2, 0.25) is 0 Å². The Balaban J connectivity index is 1.61. The Kier molecular flexibility index (Phi) is 4.95. The third kappa shape index (κ3) is 3.55. The van der Waals surface area contributed by atoms with Gasteiger partial charge < -0.3 is 10.1 Å². The smallest absolute Gasteiger partial charge is 0.338 e. The first-order chi connectivity index (χ1) is 12.5. The highest BCUT2D eigenvalue weighted by Crippen LogP contribution is 2.38. The third-order valence-corrected chi connectivity index (χ3v) is 5.12. The molecule has 0 fully saturated rings. The maximum absolute atomic E-state index is 12.0. The Morgan fingerprint density at radius 1 is 1.38 bits per heavy atom. The quantitative estimate of drug-likeness (QED) is 0.490. The molecule has 0 aliphatic heterocycles. The number of hydrogen-bond acceptors (Lipinski definition) is 7. The number of ether oxygens (including phenoxy) is 1. The van der Waals surface area contributed by atoms with Crippen molar-refractivity contribution >= 4 is 33.9 Å². The number of aryl methyl sites for hydroxylation is 1. The zero-order valence-electron chi connectivity index (χ0n) is 13.5. The third-order valence-electron chi connectivity index (χ3n) is 3.91. The molecule has 1 aliphatic carbocycles. The molecule has 1 amide bonds. The topological polar surface area (TPSA) is 122 Å². The molecule has 0 bridgehead atoms. The van der Waals surface area contributed by atoms with Crippen LogP contribution in [-0.4, -0.2) is 23.4 Å². The molecule has 9 heteroatoms. The molecule has 1 aromatic heterocycles. The highest BCUT2D eigenvalue weighted by molar-refractivity contribution is 7.16. The molecule has 0 spiro atoms. The number of amides is 1. The molecule has 1 heterocycles. The standard InChI is InChI=1S/C17H13N3O5S/c18-8-13-12-5-2-6-14(12)26-16(13)19-15(21)9-25-17(22)10-3-1-4-11(7-10)20(23)24/h1,3-4,7H,2,5-6,9H2,(H,19,21). The second kappa shape index (κ2) is 7.33. The molecular weight excluding hydrogens is 358 g/mol. The van der Waals surface area contributed by atoms with E-state index < -0.39 is 23.4 Å². The van der Waals surface area contributed by atoms with Gasteiger partial charge in [-0.15, -0.1) is 11.3 Å². The van der Waals surface area contributed by atoms with Crippen molar-refractivity contribution in [3.8, 4) is 6.07 Å². The second-order valence-corrected chi connectivity index (χ2v) is 6.71. The van der Waals surface area contributed by atoms with E-state index in [1.807, 2.05) is 0 Å². The van der Waals surface area contributed by atoms with Crippen molar-refractivity contribution in [2.45, 2.75) is 19.3 Å². The van der Waals surface area contributed by atoms with Crippen LogP contribution in [-0.2, 0) is 22.4 Å². The van der Waals surface area contributed by atoms with E-state index in [0.717, 1.165) is 35.8 Å². The molecule has 1 N–H and O–H groups in total. The predicted octanol–water partition coefficient (Wildman–Crippen LogP) is 2.81. The summed E-state index contributed by atoms with van der Waals surface area (Å²) in [6.45, 7) is -0.547. The summed E-state index contributed by atoms with van der Waals surface area (Å²) in [6.07, 6.45) is 2.73. The minimum atomic E-state index is -0.835. The summed E-state index contributed by atoms with van der Waals surface area (Å²) in [6, 6.07) is 7.18. The fourth-order valence-electron chi connectivity index (χ4n) is 2.73. The maximum Gasteiger partial charge on any atom is 0.338 e. The number of nitro benzene ring substituents is 1. The molecule has 0 radical (unpaired) electrons. The number of nitrogens with zero attached hydrogens (tertiary/aromatic N) is 2. The minimum Gasteiger partial charge on any atom is -0.452 e. The largest absolute Gasteiger partial charge is 0.452 e. The number of nitro groups is 1. The summed E-state index contributed by atoms with van der Waals surface area (Å²) < 4.78 is 4.90. The van der Waals surface area contributed by atoms with Gasteiger partial charge in [0.1, 0.15) is 11.1 Å². The van der Waals surface area contributed by atoms with Crippen LogP contribution in [0.15, 0.2) is 24.3 Å². The normalized spacial score (nSPS) is 12.1. The van der Waals surface area contributed by atoms with Crippen molar-refractivity contribution in [2.75, 3.05) is 11.9 Å². The van der Waals surface area contributed by atoms with Gasteiger partial charge in [-0.25, -0.2) is 4.79 Å². The first-order valence-corrected chi connectivity index (χ1v) is 8.57. The molecule has 2 aromatic rings. The summed E-state index contributed by atoms with van der Waals surface area (Å²) >= 11 is 1.37. The van der Waals surface area contributed by atoms with Gasteiger partial charge in [0.15, 0.2) is 6.61 Å².